The third-order valence-electron chi connectivity index (χ3n) is 4.67. The van der Waals surface area contributed by atoms with E-state index in [-0.39, 0.29) is 17.4 Å². The van der Waals surface area contributed by atoms with E-state index in [9.17, 15) is 9.90 Å². The molecule has 146 valence electrons. The molecule has 0 atom stereocenters. The number of ether oxygens (including phenoxy) is 1. The van der Waals surface area contributed by atoms with Crippen LogP contribution in [0, 0.1) is 0 Å². The minimum Gasteiger partial charge on any atom is -0.870 e. The van der Waals surface area contributed by atoms with E-state index in [4.69, 9.17) is 17.0 Å². The SMILES string of the molecule is CC[NH+](CC)c1ccc(N2C(=O)/C(=C/c3ccc([O-])c(OC)c3)SC2=S)cc1. The van der Waals surface area contributed by atoms with Crippen molar-refractivity contribution in [3.63, 3.8) is 0 Å². The number of carbonyl (C=O) groups excluding carboxylic acids is 1. The van der Waals surface area contributed by atoms with Crippen LogP contribution in [0.3, 0.4) is 0 Å². The Balaban J connectivity index is 1.85. The first kappa shape index (κ1) is 20.4. The van der Waals surface area contributed by atoms with E-state index in [1.165, 1.54) is 35.5 Å². The van der Waals surface area contributed by atoms with Crippen molar-refractivity contribution in [3.05, 3.63) is 52.9 Å². The Morgan fingerprint density at radius 3 is 2.46 bits per heavy atom. The maximum absolute atomic E-state index is 12.9. The number of carbonyl (C=O) groups is 1. The van der Waals surface area contributed by atoms with E-state index >= 15 is 0 Å². The summed E-state index contributed by atoms with van der Waals surface area (Å²) >= 11 is 6.69. The molecule has 0 unspecified atom stereocenters. The molecule has 1 heterocycles. The van der Waals surface area contributed by atoms with E-state index < -0.39 is 0 Å². The van der Waals surface area contributed by atoms with Gasteiger partial charge >= 0.3 is 0 Å². The summed E-state index contributed by atoms with van der Waals surface area (Å²) in [5.74, 6) is -0.107. The van der Waals surface area contributed by atoms with Gasteiger partial charge in [0.05, 0.1) is 30.8 Å². The molecule has 1 saturated heterocycles. The lowest BCUT2D eigenvalue weighted by Crippen LogP contribution is -3.06. The second kappa shape index (κ2) is 8.77. The third kappa shape index (κ3) is 4.06. The van der Waals surface area contributed by atoms with Crippen molar-refractivity contribution in [1.29, 1.82) is 0 Å². The first-order chi connectivity index (χ1) is 13.5. The van der Waals surface area contributed by atoms with Crippen molar-refractivity contribution in [3.8, 4) is 11.5 Å². The maximum Gasteiger partial charge on any atom is 0.270 e. The molecular formula is C21H22N2O3S2. The summed E-state index contributed by atoms with van der Waals surface area (Å²) in [6, 6.07) is 12.7. The smallest absolute Gasteiger partial charge is 0.270 e. The fourth-order valence-electron chi connectivity index (χ4n) is 3.12. The molecule has 0 radical (unpaired) electrons. The van der Waals surface area contributed by atoms with Gasteiger partial charge in [0, 0.05) is 12.1 Å². The van der Waals surface area contributed by atoms with Crippen LogP contribution < -0.4 is 19.6 Å². The molecule has 1 fully saturated rings. The van der Waals surface area contributed by atoms with Crippen LogP contribution in [0.4, 0.5) is 11.4 Å². The molecule has 0 spiro atoms. The quantitative estimate of drug-likeness (QED) is 0.582. The minimum atomic E-state index is -0.192. The van der Waals surface area contributed by atoms with Crippen molar-refractivity contribution in [2.45, 2.75) is 13.8 Å². The molecule has 0 aromatic heterocycles. The fourth-order valence-corrected chi connectivity index (χ4v) is 4.42. The molecule has 28 heavy (non-hydrogen) atoms. The zero-order valence-corrected chi connectivity index (χ0v) is 17.7. The number of methoxy groups -OCH3 is 1. The number of thiocarbonyl (C=S) groups is 1. The summed E-state index contributed by atoms with van der Waals surface area (Å²) in [6.07, 6.45) is 1.73. The third-order valence-corrected chi connectivity index (χ3v) is 5.97. The first-order valence-electron chi connectivity index (χ1n) is 9.06. The summed E-state index contributed by atoms with van der Waals surface area (Å²) in [4.78, 5) is 16.4. The van der Waals surface area contributed by atoms with E-state index in [1.54, 1.807) is 23.1 Å². The Morgan fingerprint density at radius 1 is 1.18 bits per heavy atom. The van der Waals surface area contributed by atoms with Gasteiger partial charge in [-0.1, -0.05) is 41.9 Å². The highest BCUT2D eigenvalue weighted by Crippen LogP contribution is 2.37. The Morgan fingerprint density at radius 2 is 1.86 bits per heavy atom. The predicted molar refractivity (Wildman–Crippen MR) is 116 cm³/mol. The molecule has 1 aliphatic heterocycles. The number of hydrogen-bond acceptors (Lipinski definition) is 5. The van der Waals surface area contributed by atoms with Gasteiger partial charge < -0.3 is 14.7 Å². The lowest BCUT2D eigenvalue weighted by molar-refractivity contribution is -0.828. The Labute approximate surface area is 174 Å². The van der Waals surface area contributed by atoms with E-state index in [0.717, 1.165) is 24.3 Å². The number of hydrogen-bond donors (Lipinski definition) is 1. The lowest BCUT2D eigenvalue weighted by Gasteiger charge is -2.18. The van der Waals surface area contributed by atoms with Crippen LogP contribution in [-0.2, 0) is 4.79 Å². The van der Waals surface area contributed by atoms with Crippen molar-refractivity contribution in [1.82, 2.24) is 0 Å². The highest BCUT2D eigenvalue weighted by molar-refractivity contribution is 8.27. The summed E-state index contributed by atoms with van der Waals surface area (Å²) in [5, 5.41) is 11.7. The second-order valence-corrected chi connectivity index (χ2v) is 7.96. The van der Waals surface area contributed by atoms with Crippen LogP contribution in [0.5, 0.6) is 11.5 Å². The van der Waals surface area contributed by atoms with Crippen molar-refractivity contribution >= 4 is 51.7 Å². The van der Waals surface area contributed by atoms with Gasteiger partial charge in [-0.2, -0.15) is 0 Å². The summed E-state index contributed by atoms with van der Waals surface area (Å²) < 4.78 is 5.56. The topological polar surface area (TPSA) is 57.0 Å². The zero-order chi connectivity index (χ0) is 20.3. The molecule has 0 saturated carbocycles. The van der Waals surface area contributed by atoms with Gasteiger partial charge in [0.25, 0.3) is 5.91 Å². The van der Waals surface area contributed by atoms with Gasteiger partial charge in [-0.05, 0) is 43.7 Å². The lowest BCUT2D eigenvalue weighted by atomic mass is 10.2. The molecule has 1 N–H and O–H groups in total. The van der Waals surface area contributed by atoms with Gasteiger partial charge in [0.1, 0.15) is 11.4 Å². The summed E-state index contributed by atoms with van der Waals surface area (Å²) in [5.41, 5.74) is 2.67. The molecule has 2 aromatic carbocycles. The van der Waals surface area contributed by atoms with Crippen LogP contribution in [0.25, 0.3) is 6.08 Å². The Hall–Kier alpha value is -2.35. The molecule has 5 nitrogen and oxygen atoms in total. The predicted octanol–water partition coefficient (Wildman–Crippen LogP) is 2.73. The molecular weight excluding hydrogens is 392 g/mol. The van der Waals surface area contributed by atoms with Crippen LogP contribution in [0.15, 0.2) is 47.4 Å². The summed E-state index contributed by atoms with van der Waals surface area (Å²) in [6.45, 7) is 6.30. The number of quaternary nitrogens is 1. The Bertz CT molecular complexity index is 922. The number of nitrogens with one attached hydrogen (secondary N) is 1. The van der Waals surface area contributed by atoms with Gasteiger partial charge in [-0.15, -0.1) is 0 Å². The second-order valence-electron chi connectivity index (χ2n) is 6.28. The molecule has 0 aliphatic carbocycles. The van der Waals surface area contributed by atoms with Gasteiger partial charge in [-0.25, -0.2) is 0 Å². The van der Waals surface area contributed by atoms with E-state index in [1.807, 2.05) is 24.3 Å². The number of rotatable bonds is 6. The maximum atomic E-state index is 12.9. The zero-order valence-electron chi connectivity index (χ0n) is 16.0. The van der Waals surface area contributed by atoms with Gasteiger partial charge in [0.15, 0.2) is 4.32 Å². The van der Waals surface area contributed by atoms with E-state index in [0.29, 0.717) is 9.23 Å². The van der Waals surface area contributed by atoms with E-state index in [2.05, 4.69) is 13.8 Å². The van der Waals surface area contributed by atoms with Gasteiger partial charge in [0.2, 0.25) is 0 Å². The molecule has 3 rings (SSSR count). The number of thioether (sulfide) groups is 1. The van der Waals surface area contributed by atoms with Crippen LogP contribution in [0.1, 0.15) is 19.4 Å². The molecule has 2 aromatic rings. The highest BCUT2D eigenvalue weighted by atomic mass is 32.2. The fraction of sp³-hybridized carbons (Fsp3) is 0.238. The number of amides is 1. The normalized spacial score (nSPS) is 15.7. The number of benzene rings is 2. The standard InChI is InChI=1S/C21H22N2O3S2/c1-4-22(5-2)15-7-9-16(10-8-15)23-20(25)19(28-21(23)27)13-14-6-11-17(24)18(12-14)26-3/h6-13,24H,4-5H2,1-3H3/b19-13-. The van der Waals surface area contributed by atoms with Crippen molar-refractivity contribution in [2.24, 2.45) is 0 Å². The summed E-state index contributed by atoms with van der Waals surface area (Å²) in [7, 11) is 1.45. The van der Waals surface area contributed by atoms with Crippen LogP contribution in [0.2, 0.25) is 0 Å². The van der Waals surface area contributed by atoms with Crippen molar-refractivity contribution in [2.75, 3.05) is 25.1 Å². The van der Waals surface area contributed by atoms with Crippen molar-refractivity contribution < 1.29 is 19.5 Å². The monoisotopic (exact) mass is 414 g/mol. The number of anilines is 1. The largest absolute Gasteiger partial charge is 0.870 e. The highest BCUT2D eigenvalue weighted by Gasteiger charge is 2.33. The molecule has 1 amide bonds. The number of nitrogens with zero attached hydrogens (tertiary/aromatic N) is 1. The first-order valence-corrected chi connectivity index (χ1v) is 10.3. The average molecular weight is 415 g/mol. The van der Waals surface area contributed by atoms with Crippen LogP contribution >= 0.6 is 24.0 Å². The molecule has 0 bridgehead atoms. The van der Waals surface area contributed by atoms with Gasteiger partial charge in [-0.3, -0.25) is 9.69 Å². The Kier molecular flexibility index (Phi) is 6.39. The molecule has 7 heteroatoms. The minimum absolute atomic E-state index is 0.164. The van der Waals surface area contributed by atoms with Crippen LogP contribution in [-0.4, -0.2) is 30.4 Å². The average Bonchev–Trinajstić information content (AvgIpc) is 2.98. The molecule has 1 aliphatic rings.